The minimum Gasteiger partial charge on any atom is -0.492 e. The number of hydrogen-bond donors (Lipinski definition) is 1. The lowest BCUT2D eigenvalue weighted by Gasteiger charge is -2.22. The molecule has 2 aromatic rings. The maximum atomic E-state index is 12.2. The van der Waals surface area contributed by atoms with Gasteiger partial charge in [-0.25, -0.2) is 0 Å². The van der Waals surface area contributed by atoms with Crippen molar-refractivity contribution in [3.8, 4) is 11.5 Å². The molecule has 0 spiro atoms. The molecule has 1 aliphatic heterocycles. The van der Waals surface area contributed by atoms with Crippen LogP contribution in [-0.4, -0.2) is 48.1 Å². The molecule has 1 atom stereocenters. The fraction of sp³-hybridized carbons (Fsp3) is 0.455. The number of ether oxygens (including phenoxy) is 2. The summed E-state index contributed by atoms with van der Waals surface area (Å²) >= 11 is 6.11. The first kappa shape index (κ1) is 21.4. The highest BCUT2D eigenvalue weighted by Crippen LogP contribution is 2.29. The van der Waals surface area contributed by atoms with E-state index in [1.54, 1.807) is 12.4 Å². The zero-order chi connectivity index (χ0) is 20.5. The lowest BCUT2D eigenvalue weighted by molar-refractivity contribution is -0.121. The van der Waals surface area contributed by atoms with Gasteiger partial charge >= 0.3 is 0 Å². The van der Waals surface area contributed by atoms with Crippen molar-refractivity contribution in [2.24, 2.45) is 0 Å². The third kappa shape index (κ3) is 6.91. The Kier molecular flexibility index (Phi) is 8.14. The molecule has 6 nitrogen and oxygen atoms in total. The molecule has 0 radical (unpaired) electrons. The first-order valence-electron chi connectivity index (χ1n) is 10.1. The minimum atomic E-state index is 0.0564. The molecule has 0 saturated heterocycles. The second-order valence-electron chi connectivity index (χ2n) is 7.13. The summed E-state index contributed by atoms with van der Waals surface area (Å²) in [5.74, 6) is 1.65. The SMILES string of the molecule is CC[C@H]1CN(CCC(=O)NCCCOc2cccnc2)Cc2ccc(Cl)cc2O1. The van der Waals surface area contributed by atoms with Crippen LogP contribution in [-0.2, 0) is 11.3 Å². The Bertz CT molecular complexity index is 788. The molecule has 0 fully saturated rings. The van der Waals surface area contributed by atoms with E-state index in [0.717, 1.165) is 43.0 Å². The van der Waals surface area contributed by atoms with E-state index in [9.17, 15) is 4.79 Å². The van der Waals surface area contributed by atoms with Crippen LogP contribution >= 0.6 is 11.6 Å². The van der Waals surface area contributed by atoms with Crippen LogP contribution in [0, 0.1) is 0 Å². The summed E-state index contributed by atoms with van der Waals surface area (Å²) < 4.78 is 11.7. The number of amides is 1. The predicted molar refractivity (Wildman–Crippen MR) is 113 cm³/mol. The zero-order valence-electron chi connectivity index (χ0n) is 16.8. The summed E-state index contributed by atoms with van der Waals surface area (Å²) in [5.41, 5.74) is 1.11. The Morgan fingerprint density at radius 1 is 1.41 bits per heavy atom. The van der Waals surface area contributed by atoms with E-state index in [-0.39, 0.29) is 12.0 Å². The van der Waals surface area contributed by atoms with Gasteiger partial charge in [-0.05, 0) is 37.1 Å². The molecule has 1 aromatic heterocycles. The lowest BCUT2D eigenvalue weighted by atomic mass is 10.2. The molecule has 3 rings (SSSR count). The summed E-state index contributed by atoms with van der Waals surface area (Å²) in [4.78, 5) is 18.5. The highest BCUT2D eigenvalue weighted by atomic mass is 35.5. The maximum absolute atomic E-state index is 12.2. The molecule has 0 unspecified atom stereocenters. The number of pyridine rings is 1. The molecule has 1 amide bonds. The highest BCUT2D eigenvalue weighted by molar-refractivity contribution is 6.30. The zero-order valence-corrected chi connectivity index (χ0v) is 17.5. The van der Waals surface area contributed by atoms with Crippen molar-refractivity contribution < 1.29 is 14.3 Å². The van der Waals surface area contributed by atoms with E-state index in [4.69, 9.17) is 21.1 Å². The molecular formula is C22H28ClN3O3. The van der Waals surface area contributed by atoms with E-state index < -0.39 is 0 Å². The van der Waals surface area contributed by atoms with E-state index >= 15 is 0 Å². The van der Waals surface area contributed by atoms with Crippen LogP contribution in [0.5, 0.6) is 11.5 Å². The monoisotopic (exact) mass is 417 g/mol. The van der Waals surface area contributed by atoms with Gasteiger partial charge in [-0.15, -0.1) is 0 Å². The molecule has 0 saturated carbocycles. The van der Waals surface area contributed by atoms with Gasteiger partial charge in [0.1, 0.15) is 17.6 Å². The fourth-order valence-corrected chi connectivity index (χ4v) is 3.39. The van der Waals surface area contributed by atoms with Crippen molar-refractivity contribution >= 4 is 17.5 Å². The smallest absolute Gasteiger partial charge is 0.221 e. The number of hydrogen-bond acceptors (Lipinski definition) is 5. The van der Waals surface area contributed by atoms with Crippen molar-refractivity contribution in [2.45, 2.75) is 38.8 Å². The normalized spacial score (nSPS) is 16.4. The van der Waals surface area contributed by atoms with Crippen LogP contribution in [0.25, 0.3) is 0 Å². The van der Waals surface area contributed by atoms with Crippen LogP contribution < -0.4 is 14.8 Å². The molecule has 0 bridgehead atoms. The van der Waals surface area contributed by atoms with Crippen molar-refractivity contribution in [1.82, 2.24) is 15.2 Å². The number of halogens is 1. The minimum absolute atomic E-state index is 0.0564. The van der Waals surface area contributed by atoms with Crippen LogP contribution in [0.15, 0.2) is 42.7 Å². The number of carbonyl (C=O) groups excluding carboxylic acids is 1. The Balaban J connectivity index is 1.39. The highest BCUT2D eigenvalue weighted by Gasteiger charge is 2.22. The van der Waals surface area contributed by atoms with Gasteiger partial charge < -0.3 is 14.8 Å². The molecule has 1 aliphatic rings. The van der Waals surface area contributed by atoms with Gasteiger partial charge in [-0.1, -0.05) is 24.6 Å². The molecule has 1 aromatic carbocycles. The molecule has 29 heavy (non-hydrogen) atoms. The van der Waals surface area contributed by atoms with Crippen molar-refractivity contribution in [3.63, 3.8) is 0 Å². The molecule has 156 valence electrons. The maximum Gasteiger partial charge on any atom is 0.221 e. The predicted octanol–water partition coefficient (Wildman–Crippen LogP) is 3.68. The number of rotatable bonds is 9. The van der Waals surface area contributed by atoms with Gasteiger partial charge in [0.25, 0.3) is 0 Å². The first-order chi connectivity index (χ1) is 14.1. The Labute approximate surface area is 177 Å². The number of carbonyl (C=O) groups is 1. The van der Waals surface area contributed by atoms with Crippen LogP contribution in [0.4, 0.5) is 0 Å². The van der Waals surface area contributed by atoms with Gasteiger partial charge in [0.05, 0.1) is 12.8 Å². The third-order valence-electron chi connectivity index (χ3n) is 4.84. The average Bonchev–Trinajstić information content (AvgIpc) is 2.91. The summed E-state index contributed by atoms with van der Waals surface area (Å²) in [5, 5.41) is 3.65. The van der Waals surface area contributed by atoms with Crippen LogP contribution in [0.2, 0.25) is 5.02 Å². The molecule has 7 heteroatoms. The Morgan fingerprint density at radius 2 is 2.31 bits per heavy atom. The van der Waals surface area contributed by atoms with Gasteiger partial charge in [0.15, 0.2) is 0 Å². The van der Waals surface area contributed by atoms with E-state index in [2.05, 4.69) is 22.1 Å². The summed E-state index contributed by atoms with van der Waals surface area (Å²) in [6, 6.07) is 9.47. The van der Waals surface area contributed by atoms with Crippen molar-refractivity contribution in [3.05, 3.63) is 53.3 Å². The average molecular weight is 418 g/mol. The lowest BCUT2D eigenvalue weighted by Crippen LogP contribution is -2.36. The quantitative estimate of drug-likeness (QED) is 0.630. The number of benzene rings is 1. The second kappa shape index (κ2) is 11.0. The largest absolute Gasteiger partial charge is 0.492 e. The summed E-state index contributed by atoms with van der Waals surface area (Å²) in [7, 11) is 0. The van der Waals surface area contributed by atoms with Crippen molar-refractivity contribution in [1.29, 1.82) is 0 Å². The fourth-order valence-electron chi connectivity index (χ4n) is 3.23. The summed E-state index contributed by atoms with van der Waals surface area (Å²) in [6.07, 6.45) is 5.61. The second-order valence-corrected chi connectivity index (χ2v) is 7.56. The number of aromatic nitrogens is 1. The number of fused-ring (bicyclic) bond motifs is 1. The van der Waals surface area contributed by atoms with E-state index in [0.29, 0.717) is 31.1 Å². The van der Waals surface area contributed by atoms with Crippen molar-refractivity contribution in [2.75, 3.05) is 26.2 Å². The molecule has 1 N–H and O–H groups in total. The molecule has 0 aliphatic carbocycles. The Hall–Kier alpha value is -2.31. The number of nitrogens with zero attached hydrogens (tertiary/aromatic N) is 2. The van der Waals surface area contributed by atoms with Crippen LogP contribution in [0.1, 0.15) is 31.7 Å². The van der Waals surface area contributed by atoms with Gasteiger partial charge in [-0.2, -0.15) is 0 Å². The number of nitrogens with one attached hydrogen (secondary N) is 1. The van der Waals surface area contributed by atoms with Gasteiger partial charge in [0.2, 0.25) is 5.91 Å². The summed E-state index contributed by atoms with van der Waals surface area (Å²) in [6.45, 7) is 5.51. The van der Waals surface area contributed by atoms with E-state index in [1.165, 1.54) is 0 Å². The topological polar surface area (TPSA) is 63.7 Å². The van der Waals surface area contributed by atoms with E-state index in [1.807, 2.05) is 30.3 Å². The standard InChI is InChI=1S/C22H28ClN3O3/c1-2-19-16-26(15-17-6-7-18(23)13-21(17)29-19)11-8-22(27)25-10-4-12-28-20-5-3-9-24-14-20/h3,5-7,9,13-14,19H,2,4,8,10-12,15-16H2,1H3,(H,25,27)/t19-/m0/s1. The molecular weight excluding hydrogens is 390 g/mol. The first-order valence-corrected chi connectivity index (χ1v) is 10.5. The third-order valence-corrected chi connectivity index (χ3v) is 5.07. The van der Waals surface area contributed by atoms with Gasteiger partial charge in [0, 0.05) is 49.4 Å². The Morgan fingerprint density at radius 3 is 3.10 bits per heavy atom. The molecule has 2 heterocycles. The van der Waals surface area contributed by atoms with Crippen LogP contribution in [0.3, 0.4) is 0 Å². The van der Waals surface area contributed by atoms with Gasteiger partial charge in [-0.3, -0.25) is 14.7 Å².